The molecule has 0 atom stereocenters. The lowest BCUT2D eigenvalue weighted by Crippen LogP contribution is -1.98. The van der Waals surface area contributed by atoms with Gasteiger partial charge in [-0.25, -0.2) is 9.50 Å². The molecule has 4 rings (SSSR count). The van der Waals surface area contributed by atoms with Gasteiger partial charge in [0.15, 0.2) is 5.82 Å². The summed E-state index contributed by atoms with van der Waals surface area (Å²) in [6, 6.07) is 7.75. The fraction of sp³-hybridized carbons (Fsp3) is 0.143. The van der Waals surface area contributed by atoms with Crippen molar-refractivity contribution in [2.45, 2.75) is 13.8 Å². The molecule has 0 saturated carbocycles. The molecule has 0 aliphatic rings. The molecule has 104 valence electrons. The van der Waals surface area contributed by atoms with Crippen molar-refractivity contribution in [3.63, 3.8) is 0 Å². The van der Waals surface area contributed by atoms with Gasteiger partial charge >= 0.3 is 0 Å². The van der Waals surface area contributed by atoms with Crippen molar-refractivity contribution in [1.29, 1.82) is 0 Å². The Kier molecular flexibility index (Phi) is 2.61. The van der Waals surface area contributed by atoms with E-state index in [1.54, 1.807) is 17.5 Å². The second kappa shape index (κ2) is 4.49. The van der Waals surface area contributed by atoms with Crippen molar-refractivity contribution in [1.82, 2.24) is 24.6 Å². The van der Waals surface area contributed by atoms with Gasteiger partial charge in [0, 0.05) is 4.88 Å². The van der Waals surface area contributed by atoms with E-state index in [4.69, 9.17) is 0 Å². The predicted octanol–water partition coefficient (Wildman–Crippen LogP) is 3.09. The number of aromatic nitrogens is 5. The van der Waals surface area contributed by atoms with E-state index in [2.05, 4.69) is 32.3 Å². The molecule has 0 unspecified atom stereocenters. The summed E-state index contributed by atoms with van der Waals surface area (Å²) in [5.74, 6) is 1.18. The number of para-hydroxylation sites is 2. The van der Waals surface area contributed by atoms with E-state index in [0.29, 0.717) is 11.8 Å². The molecule has 6 nitrogen and oxygen atoms in total. The Morgan fingerprint density at radius 3 is 2.71 bits per heavy atom. The summed E-state index contributed by atoms with van der Waals surface area (Å²) in [5.41, 5.74) is 2.82. The van der Waals surface area contributed by atoms with Gasteiger partial charge in [-0.3, -0.25) is 4.98 Å². The molecule has 0 saturated heterocycles. The van der Waals surface area contributed by atoms with Crippen LogP contribution in [0.1, 0.15) is 10.6 Å². The average Bonchev–Trinajstić information content (AvgIpc) is 2.99. The molecule has 0 bridgehead atoms. The minimum atomic E-state index is 0.536. The first-order chi connectivity index (χ1) is 10.2. The molecule has 0 spiro atoms. The SMILES string of the molecule is Cc1sc2nc(Nc3cnc4ccccc4n3)nn2c1C. The van der Waals surface area contributed by atoms with Crippen molar-refractivity contribution in [3.8, 4) is 0 Å². The number of nitrogens with one attached hydrogen (secondary N) is 1. The third kappa shape index (κ3) is 2.02. The van der Waals surface area contributed by atoms with E-state index in [0.717, 1.165) is 21.7 Å². The Morgan fingerprint density at radius 2 is 1.90 bits per heavy atom. The molecular formula is C14H12N6S. The molecule has 4 aromatic rings. The standard InChI is InChI=1S/C14H12N6S/c1-8-9(2)21-14-18-13(19-20(8)14)17-12-7-15-10-5-3-4-6-11(10)16-12/h3-7H,1-2H3,(H,16,17,19). The van der Waals surface area contributed by atoms with Gasteiger partial charge in [-0.2, -0.15) is 4.98 Å². The highest BCUT2D eigenvalue weighted by Gasteiger charge is 2.11. The Bertz CT molecular complexity index is 955. The topological polar surface area (TPSA) is 68.0 Å². The fourth-order valence-electron chi connectivity index (χ4n) is 2.13. The maximum atomic E-state index is 4.51. The number of aryl methyl sites for hydroxylation is 2. The van der Waals surface area contributed by atoms with Crippen LogP contribution in [0.5, 0.6) is 0 Å². The van der Waals surface area contributed by atoms with Crippen LogP contribution < -0.4 is 5.32 Å². The summed E-state index contributed by atoms with van der Waals surface area (Å²) in [4.78, 5) is 15.4. The van der Waals surface area contributed by atoms with Crippen molar-refractivity contribution < 1.29 is 0 Å². The van der Waals surface area contributed by atoms with Gasteiger partial charge < -0.3 is 5.32 Å². The predicted molar refractivity (Wildman–Crippen MR) is 83.2 cm³/mol. The van der Waals surface area contributed by atoms with Crippen LogP contribution in [0.25, 0.3) is 16.0 Å². The molecule has 0 fully saturated rings. The van der Waals surface area contributed by atoms with Gasteiger partial charge in [0.05, 0.1) is 22.9 Å². The lowest BCUT2D eigenvalue weighted by atomic mass is 10.3. The highest BCUT2D eigenvalue weighted by Crippen LogP contribution is 2.22. The van der Waals surface area contributed by atoms with E-state index in [1.165, 1.54) is 4.88 Å². The van der Waals surface area contributed by atoms with Crippen molar-refractivity contribution >= 4 is 39.1 Å². The van der Waals surface area contributed by atoms with Crippen LogP contribution in [-0.4, -0.2) is 24.6 Å². The average molecular weight is 296 g/mol. The summed E-state index contributed by atoms with van der Waals surface area (Å²) in [7, 11) is 0. The monoisotopic (exact) mass is 296 g/mol. The first-order valence-corrected chi connectivity index (χ1v) is 7.34. The number of fused-ring (bicyclic) bond motifs is 2. The Labute approximate surface area is 124 Å². The molecule has 1 N–H and O–H groups in total. The summed E-state index contributed by atoms with van der Waals surface area (Å²) in [5, 5.41) is 7.55. The zero-order chi connectivity index (χ0) is 14.4. The van der Waals surface area contributed by atoms with Gasteiger partial charge in [-0.15, -0.1) is 5.10 Å². The Balaban J connectivity index is 1.71. The summed E-state index contributed by atoms with van der Waals surface area (Å²) >= 11 is 1.63. The first kappa shape index (κ1) is 12.2. The molecule has 3 heterocycles. The van der Waals surface area contributed by atoms with E-state index >= 15 is 0 Å². The second-order valence-corrected chi connectivity index (χ2v) is 5.92. The maximum absolute atomic E-state index is 4.51. The van der Waals surface area contributed by atoms with Gasteiger partial charge in [-0.05, 0) is 26.0 Å². The summed E-state index contributed by atoms with van der Waals surface area (Å²) < 4.78 is 1.84. The molecule has 0 aliphatic carbocycles. The third-order valence-electron chi connectivity index (χ3n) is 3.34. The molecule has 0 radical (unpaired) electrons. The van der Waals surface area contributed by atoms with E-state index in [-0.39, 0.29) is 0 Å². The lowest BCUT2D eigenvalue weighted by molar-refractivity contribution is 0.927. The lowest BCUT2D eigenvalue weighted by Gasteiger charge is -2.01. The Morgan fingerprint density at radius 1 is 1.10 bits per heavy atom. The number of rotatable bonds is 2. The highest BCUT2D eigenvalue weighted by molar-refractivity contribution is 7.17. The molecular weight excluding hydrogens is 284 g/mol. The molecule has 21 heavy (non-hydrogen) atoms. The number of hydrogen-bond donors (Lipinski definition) is 1. The van der Waals surface area contributed by atoms with Crippen LogP contribution in [0.3, 0.4) is 0 Å². The fourth-order valence-corrected chi connectivity index (χ4v) is 3.03. The minimum Gasteiger partial charge on any atom is -0.306 e. The first-order valence-electron chi connectivity index (χ1n) is 6.52. The molecule has 0 amide bonds. The zero-order valence-corrected chi connectivity index (χ0v) is 12.3. The maximum Gasteiger partial charge on any atom is 0.249 e. The van der Waals surface area contributed by atoms with Gasteiger partial charge in [0.25, 0.3) is 0 Å². The number of benzene rings is 1. The van der Waals surface area contributed by atoms with E-state index in [1.807, 2.05) is 35.7 Å². The van der Waals surface area contributed by atoms with Gasteiger partial charge in [-0.1, -0.05) is 23.5 Å². The third-order valence-corrected chi connectivity index (χ3v) is 4.39. The van der Waals surface area contributed by atoms with Crippen LogP contribution in [0, 0.1) is 13.8 Å². The van der Waals surface area contributed by atoms with Crippen molar-refractivity contribution in [3.05, 3.63) is 41.0 Å². The number of anilines is 2. The molecule has 1 aromatic carbocycles. The van der Waals surface area contributed by atoms with Gasteiger partial charge in [0.2, 0.25) is 10.9 Å². The van der Waals surface area contributed by atoms with Crippen LogP contribution in [0.2, 0.25) is 0 Å². The van der Waals surface area contributed by atoms with Crippen molar-refractivity contribution in [2.75, 3.05) is 5.32 Å². The molecule has 7 heteroatoms. The largest absolute Gasteiger partial charge is 0.306 e. The smallest absolute Gasteiger partial charge is 0.249 e. The van der Waals surface area contributed by atoms with Gasteiger partial charge in [0.1, 0.15) is 0 Å². The van der Waals surface area contributed by atoms with E-state index < -0.39 is 0 Å². The summed E-state index contributed by atoms with van der Waals surface area (Å²) in [6.45, 7) is 4.10. The zero-order valence-electron chi connectivity index (χ0n) is 11.5. The van der Waals surface area contributed by atoms with Crippen LogP contribution >= 0.6 is 11.3 Å². The summed E-state index contributed by atoms with van der Waals surface area (Å²) in [6.07, 6.45) is 1.69. The van der Waals surface area contributed by atoms with Crippen LogP contribution in [0.4, 0.5) is 11.8 Å². The minimum absolute atomic E-state index is 0.536. The van der Waals surface area contributed by atoms with Crippen LogP contribution in [0.15, 0.2) is 30.5 Å². The van der Waals surface area contributed by atoms with Crippen LogP contribution in [-0.2, 0) is 0 Å². The van der Waals surface area contributed by atoms with Crippen molar-refractivity contribution in [2.24, 2.45) is 0 Å². The van der Waals surface area contributed by atoms with E-state index in [9.17, 15) is 0 Å². The molecule has 0 aliphatic heterocycles. The highest BCUT2D eigenvalue weighted by atomic mass is 32.1. The normalized spacial score (nSPS) is 11.3. The number of hydrogen-bond acceptors (Lipinski definition) is 6. The quantitative estimate of drug-likeness (QED) is 0.615. The Hall–Kier alpha value is -2.54. The molecule has 3 aromatic heterocycles. The number of nitrogens with zero attached hydrogens (tertiary/aromatic N) is 5. The second-order valence-electron chi connectivity index (χ2n) is 4.74. The number of thiazole rings is 1.